The molecule has 0 amide bonds. The number of hydrogen-bond donors (Lipinski definition) is 2. The van der Waals surface area contributed by atoms with E-state index in [-0.39, 0.29) is 6.04 Å². The normalized spacial score (nSPS) is 16.7. The van der Waals surface area contributed by atoms with Crippen LogP contribution in [0.15, 0.2) is 36.5 Å². The van der Waals surface area contributed by atoms with Gasteiger partial charge in [0.05, 0.1) is 17.7 Å². The second-order valence-electron chi connectivity index (χ2n) is 4.74. The van der Waals surface area contributed by atoms with Crippen molar-refractivity contribution in [2.75, 3.05) is 11.1 Å². The first-order valence-corrected chi connectivity index (χ1v) is 6.27. The lowest BCUT2D eigenvalue weighted by molar-refractivity contribution is 0.757. The van der Waals surface area contributed by atoms with E-state index in [9.17, 15) is 0 Å². The number of nitrogens with zero attached hydrogens (tertiary/aromatic N) is 2. The number of nitrogen functional groups attached to an aromatic ring is 1. The second-order valence-corrected chi connectivity index (χ2v) is 4.74. The second kappa shape index (κ2) is 4.62. The van der Waals surface area contributed by atoms with E-state index in [2.05, 4.69) is 22.4 Å². The molecule has 19 heavy (non-hydrogen) atoms. The van der Waals surface area contributed by atoms with E-state index in [0.29, 0.717) is 5.56 Å². The maximum absolute atomic E-state index is 8.89. The van der Waals surface area contributed by atoms with Gasteiger partial charge in [-0.2, -0.15) is 5.26 Å². The Morgan fingerprint density at radius 2 is 2.21 bits per heavy atom. The minimum Gasteiger partial charge on any atom is -0.399 e. The van der Waals surface area contributed by atoms with Crippen molar-refractivity contribution in [1.29, 1.82) is 5.26 Å². The Kier molecular flexibility index (Phi) is 2.81. The van der Waals surface area contributed by atoms with Crippen LogP contribution < -0.4 is 11.1 Å². The SMILES string of the molecule is N#Cc1ccnc(NC2CCc3cc(N)ccc32)c1. The fourth-order valence-electron chi connectivity index (χ4n) is 2.54. The highest BCUT2D eigenvalue weighted by Crippen LogP contribution is 2.34. The Morgan fingerprint density at radius 1 is 1.32 bits per heavy atom. The third-order valence-electron chi connectivity index (χ3n) is 3.46. The molecular formula is C15H14N4. The number of rotatable bonds is 2. The summed E-state index contributed by atoms with van der Waals surface area (Å²) in [6.45, 7) is 0. The molecule has 4 heteroatoms. The summed E-state index contributed by atoms with van der Waals surface area (Å²) in [5.41, 5.74) is 9.80. The summed E-state index contributed by atoms with van der Waals surface area (Å²) in [6, 6.07) is 11.9. The van der Waals surface area contributed by atoms with E-state index in [0.717, 1.165) is 24.3 Å². The predicted octanol–water partition coefficient (Wildman–Crippen LogP) is 2.63. The number of nitrogens with two attached hydrogens (primary N) is 1. The number of aryl methyl sites for hydroxylation is 1. The molecule has 0 aliphatic heterocycles. The molecule has 1 atom stereocenters. The van der Waals surface area contributed by atoms with Crippen LogP contribution in [0.3, 0.4) is 0 Å². The molecule has 3 N–H and O–H groups in total. The molecule has 1 aromatic carbocycles. The van der Waals surface area contributed by atoms with Gasteiger partial charge in [-0.05, 0) is 48.2 Å². The minimum atomic E-state index is 0.247. The maximum Gasteiger partial charge on any atom is 0.127 e. The van der Waals surface area contributed by atoms with E-state index in [1.54, 1.807) is 18.3 Å². The fraction of sp³-hybridized carbons (Fsp3) is 0.200. The first kappa shape index (κ1) is 11.5. The van der Waals surface area contributed by atoms with Crippen molar-refractivity contribution in [3.63, 3.8) is 0 Å². The Hall–Kier alpha value is -2.54. The third kappa shape index (κ3) is 2.23. The quantitative estimate of drug-likeness (QED) is 0.803. The number of nitriles is 1. The van der Waals surface area contributed by atoms with E-state index in [1.165, 1.54) is 11.1 Å². The van der Waals surface area contributed by atoms with Gasteiger partial charge in [0.1, 0.15) is 5.82 Å². The van der Waals surface area contributed by atoms with E-state index in [4.69, 9.17) is 11.0 Å². The zero-order chi connectivity index (χ0) is 13.2. The van der Waals surface area contributed by atoms with Gasteiger partial charge in [-0.3, -0.25) is 0 Å². The number of hydrogen-bond acceptors (Lipinski definition) is 4. The average molecular weight is 250 g/mol. The molecular weight excluding hydrogens is 236 g/mol. The fourth-order valence-corrected chi connectivity index (χ4v) is 2.54. The van der Waals surface area contributed by atoms with Crippen LogP contribution >= 0.6 is 0 Å². The molecule has 0 spiro atoms. The molecule has 1 aliphatic carbocycles. The number of benzene rings is 1. The predicted molar refractivity (Wildman–Crippen MR) is 74.5 cm³/mol. The minimum absolute atomic E-state index is 0.247. The Balaban J connectivity index is 1.85. The van der Waals surface area contributed by atoms with Crippen LogP contribution in [-0.4, -0.2) is 4.98 Å². The van der Waals surface area contributed by atoms with Crippen LogP contribution in [0, 0.1) is 11.3 Å². The zero-order valence-corrected chi connectivity index (χ0v) is 10.4. The van der Waals surface area contributed by atoms with Gasteiger partial charge in [-0.25, -0.2) is 4.98 Å². The number of nitrogens with one attached hydrogen (secondary N) is 1. The molecule has 4 nitrogen and oxygen atoms in total. The van der Waals surface area contributed by atoms with Crippen LogP contribution in [0.4, 0.5) is 11.5 Å². The molecule has 0 bridgehead atoms. The Bertz CT molecular complexity index is 657. The van der Waals surface area contributed by atoms with Crippen molar-refractivity contribution in [3.8, 4) is 6.07 Å². The summed E-state index contributed by atoms with van der Waals surface area (Å²) < 4.78 is 0. The van der Waals surface area contributed by atoms with Gasteiger partial charge in [0.25, 0.3) is 0 Å². The van der Waals surface area contributed by atoms with Crippen molar-refractivity contribution < 1.29 is 0 Å². The smallest absolute Gasteiger partial charge is 0.127 e. The van der Waals surface area contributed by atoms with Gasteiger partial charge in [-0.15, -0.1) is 0 Å². The van der Waals surface area contributed by atoms with E-state index >= 15 is 0 Å². The molecule has 0 radical (unpaired) electrons. The van der Waals surface area contributed by atoms with E-state index in [1.807, 2.05) is 12.1 Å². The number of fused-ring (bicyclic) bond motifs is 1. The average Bonchev–Trinajstić information content (AvgIpc) is 2.81. The standard InChI is InChI=1S/C15H14N4/c16-9-10-5-6-18-15(7-10)19-14-4-1-11-8-12(17)2-3-13(11)14/h2-3,5-8,14H,1,4,17H2,(H,18,19). The highest BCUT2D eigenvalue weighted by Gasteiger charge is 2.22. The summed E-state index contributed by atoms with van der Waals surface area (Å²) in [5.74, 6) is 0.744. The van der Waals surface area contributed by atoms with Crippen LogP contribution in [0.25, 0.3) is 0 Å². The number of aromatic nitrogens is 1. The molecule has 2 aromatic rings. The summed E-state index contributed by atoms with van der Waals surface area (Å²) in [6.07, 6.45) is 3.70. The first-order chi connectivity index (χ1) is 9.26. The summed E-state index contributed by atoms with van der Waals surface area (Å²) in [7, 11) is 0. The molecule has 0 fully saturated rings. The molecule has 1 aromatic heterocycles. The topological polar surface area (TPSA) is 74.7 Å². The summed E-state index contributed by atoms with van der Waals surface area (Å²) in [4.78, 5) is 4.25. The van der Waals surface area contributed by atoms with Crippen LogP contribution in [-0.2, 0) is 6.42 Å². The first-order valence-electron chi connectivity index (χ1n) is 6.27. The van der Waals surface area contributed by atoms with Crippen molar-refractivity contribution in [2.24, 2.45) is 0 Å². The lowest BCUT2D eigenvalue weighted by atomic mass is 10.1. The molecule has 3 rings (SSSR count). The number of pyridine rings is 1. The Morgan fingerprint density at radius 3 is 3.05 bits per heavy atom. The largest absolute Gasteiger partial charge is 0.399 e. The molecule has 1 aliphatic rings. The summed E-state index contributed by atoms with van der Waals surface area (Å²) >= 11 is 0. The van der Waals surface area contributed by atoms with Gasteiger partial charge in [0, 0.05) is 11.9 Å². The zero-order valence-electron chi connectivity index (χ0n) is 10.4. The van der Waals surface area contributed by atoms with Gasteiger partial charge in [0.2, 0.25) is 0 Å². The molecule has 1 unspecified atom stereocenters. The third-order valence-corrected chi connectivity index (χ3v) is 3.46. The monoisotopic (exact) mass is 250 g/mol. The van der Waals surface area contributed by atoms with Gasteiger partial charge < -0.3 is 11.1 Å². The lowest BCUT2D eigenvalue weighted by Crippen LogP contribution is -2.08. The summed E-state index contributed by atoms with van der Waals surface area (Å²) in [5, 5.41) is 12.3. The van der Waals surface area contributed by atoms with E-state index < -0.39 is 0 Å². The van der Waals surface area contributed by atoms with Crippen LogP contribution in [0.2, 0.25) is 0 Å². The van der Waals surface area contributed by atoms with Crippen molar-refractivity contribution >= 4 is 11.5 Å². The van der Waals surface area contributed by atoms with Gasteiger partial charge in [0.15, 0.2) is 0 Å². The van der Waals surface area contributed by atoms with Gasteiger partial charge >= 0.3 is 0 Å². The van der Waals surface area contributed by atoms with Gasteiger partial charge in [-0.1, -0.05) is 6.07 Å². The molecule has 0 saturated heterocycles. The van der Waals surface area contributed by atoms with Crippen molar-refractivity contribution in [2.45, 2.75) is 18.9 Å². The number of anilines is 2. The molecule has 94 valence electrons. The lowest BCUT2D eigenvalue weighted by Gasteiger charge is -2.14. The highest BCUT2D eigenvalue weighted by molar-refractivity contribution is 5.51. The van der Waals surface area contributed by atoms with Crippen molar-refractivity contribution in [1.82, 2.24) is 4.98 Å². The molecule has 0 saturated carbocycles. The van der Waals surface area contributed by atoms with Crippen LogP contribution in [0.1, 0.15) is 29.2 Å². The maximum atomic E-state index is 8.89. The van der Waals surface area contributed by atoms with Crippen LogP contribution in [0.5, 0.6) is 0 Å². The van der Waals surface area contributed by atoms with Crippen molar-refractivity contribution in [3.05, 3.63) is 53.2 Å². The Labute approximate surface area is 111 Å². The highest BCUT2D eigenvalue weighted by atomic mass is 15.0. The molecule has 1 heterocycles.